The lowest BCUT2D eigenvalue weighted by Gasteiger charge is -2.16. The maximum Gasteiger partial charge on any atom is 0.347 e. The van der Waals surface area contributed by atoms with Crippen molar-refractivity contribution in [3.8, 4) is 0 Å². The van der Waals surface area contributed by atoms with Gasteiger partial charge in [0.1, 0.15) is 0 Å². The van der Waals surface area contributed by atoms with Gasteiger partial charge < -0.3 is 4.74 Å². The Bertz CT molecular complexity index is 646. The molecule has 0 aromatic heterocycles. The topological polar surface area (TPSA) is 43.4 Å². The maximum atomic E-state index is 11.7. The Hall–Kier alpha value is -1.43. The SMILES string of the molecule is O=C1OC(=O)c2c(I)ccc3cccc1c23. The highest BCUT2D eigenvalue weighted by molar-refractivity contribution is 14.1. The summed E-state index contributed by atoms with van der Waals surface area (Å²) in [7, 11) is 0. The summed E-state index contributed by atoms with van der Waals surface area (Å²) in [6, 6.07) is 9.08. The molecule has 0 radical (unpaired) electrons. The van der Waals surface area contributed by atoms with E-state index in [-0.39, 0.29) is 0 Å². The Kier molecular flexibility index (Phi) is 2.00. The van der Waals surface area contributed by atoms with Crippen LogP contribution in [-0.2, 0) is 4.74 Å². The average Bonchev–Trinajstić information content (AvgIpc) is 2.26. The van der Waals surface area contributed by atoms with Gasteiger partial charge in [0.25, 0.3) is 0 Å². The summed E-state index contributed by atoms with van der Waals surface area (Å²) in [4.78, 5) is 23.2. The van der Waals surface area contributed by atoms with Crippen LogP contribution in [-0.4, -0.2) is 11.9 Å². The van der Waals surface area contributed by atoms with E-state index in [9.17, 15) is 9.59 Å². The smallest absolute Gasteiger partial charge is 0.347 e. The van der Waals surface area contributed by atoms with E-state index in [2.05, 4.69) is 22.6 Å². The highest BCUT2D eigenvalue weighted by Gasteiger charge is 2.28. The van der Waals surface area contributed by atoms with E-state index >= 15 is 0 Å². The van der Waals surface area contributed by atoms with Crippen LogP contribution in [0.15, 0.2) is 30.3 Å². The quantitative estimate of drug-likeness (QED) is 0.425. The molecule has 0 spiro atoms. The molecule has 0 unspecified atom stereocenters. The van der Waals surface area contributed by atoms with Crippen molar-refractivity contribution in [2.24, 2.45) is 0 Å². The first-order chi connectivity index (χ1) is 7.68. The second kappa shape index (κ2) is 3.28. The second-order valence-electron chi connectivity index (χ2n) is 3.50. The van der Waals surface area contributed by atoms with Gasteiger partial charge in [-0.1, -0.05) is 18.2 Å². The van der Waals surface area contributed by atoms with Gasteiger partial charge in [0.15, 0.2) is 0 Å². The number of benzene rings is 2. The van der Waals surface area contributed by atoms with Crippen LogP contribution in [0.2, 0.25) is 0 Å². The minimum absolute atomic E-state index is 0.464. The number of esters is 2. The number of ether oxygens (including phenoxy) is 1. The molecule has 3 rings (SSSR count). The zero-order chi connectivity index (χ0) is 11.3. The van der Waals surface area contributed by atoms with Crippen molar-refractivity contribution < 1.29 is 14.3 Å². The fourth-order valence-corrected chi connectivity index (χ4v) is 2.58. The van der Waals surface area contributed by atoms with Crippen LogP contribution in [0.25, 0.3) is 10.8 Å². The first-order valence-corrected chi connectivity index (χ1v) is 5.74. The molecule has 0 fully saturated rings. The predicted molar refractivity (Wildman–Crippen MR) is 66.4 cm³/mol. The number of rotatable bonds is 0. The summed E-state index contributed by atoms with van der Waals surface area (Å²) in [6.07, 6.45) is 0. The van der Waals surface area contributed by atoms with Gasteiger partial charge in [-0.05, 0) is 40.1 Å². The average molecular weight is 324 g/mol. The van der Waals surface area contributed by atoms with Crippen LogP contribution >= 0.6 is 22.6 Å². The summed E-state index contributed by atoms with van der Waals surface area (Å²) in [5.41, 5.74) is 0.957. The van der Waals surface area contributed by atoms with E-state index in [1.165, 1.54) is 0 Å². The molecule has 78 valence electrons. The van der Waals surface area contributed by atoms with Crippen molar-refractivity contribution in [1.82, 2.24) is 0 Å². The first-order valence-electron chi connectivity index (χ1n) is 4.66. The third-order valence-electron chi connectivity index (χ3n) is 2.60. The van der Waals surface area contributed by atoms with E-state index in [0.29, 0.717) is 16.5 Å². The first kappa shape index (κ1) is 9.77. The fraction of sp³-hybridized carbons (Fsp3) is 0. The molecule has 0 bridgehead atoms. The number of carbonyl (C=O) groups excluding carboxylic acids is 2. The lowest BCUT2D eigenvalue weighted by Crippen LogP contribution is -2.20. The van der Waals surface area contributed by atoms with Gasteiger partial charge in [0, 0.05) is 8.96 Å². The van der Waals surface area contributed by atoms with Crippen LogP contribution in [0.3, 0.4) is 0 Å². The van der Waals surface area contributed by atoms with E-state index in [1.807, 2.05) is 18.2 Å². The van der Waals surface area contributed by atoms with E-state index < -0.39 is 11.9 Å². The number of cyclic esters (lactones) is 2. The summed E-state index contributed by atoms with van der Waals surface area (Å²) >= 11 is 2.07. The van der Waals surface area contributed by atoms with Crippen molar-refractivity contribution in [3.63, 3.8) is 0 Å². The standard InChI is InChI=1S/C12H5IO3/c13-8-5-4-6-2-1-3-7-9(6)10(8)12(15)16-11(7)14/h1-5H. The van der Waals surface area contributed by atoms with Crippen molar-refractivity contribution in [3.05, 3.63) is 45.0 Å². The Labute approximate surface area is 105 Å². The second-order valence-corrected chi connectivity index (χ2v) is 4.67. The maximum absolute atomic E-state index is 11.7. The van der Waals surface area contributed by atoms with Gasteiger partial charge in [0.05, 0.1) is 11.1 Å². The van der Waals surface area contributed by atoms with Crippen LogP contribution < -0.4 is 0 Å². The summed E-state index contributed by atoms with van der Waals surface area (Å²) in [5, 5.41) is 1.59. The monoisotopic (exact) mass is 324 g/mol. The molecule has 0 atom stereocenters. The minimum atomic E-state index is -0.565. The molecule has 3 nitrogen and oxygen atoms in total. The van der Waals surface area contributed by atoms with Gasteiger partial charge in [-0.25, -0.2) is 9.59 Å². The van der Waals surface area contributed by atoms with Crippen LogP contribution in [0.1, 0.15) is 20.7 Å². The summed E-state index contributed by atoms with van der Waals surface area (Å²) < 4.78 is 5.50. The van der Waals surface area contributed by atoms with Crippen LogP contribution in [0, 0.1) is 3.57 Å². The molecule has 1 aliphatic rings. The largest absolute Gasteiger partial charge is 0.386 e. The summed E-state index contributed by atoms with van der Waals surface area (Å²) in [5.74, 6) is -1.12. The Morgan fingerprint density at radius 3 is 2.62 bits per heavy atom. The van der Waals surface area contributed by atoms with Crippen molar-refractivity contribution in [2.75, 3.05) is 0 Å². The number of hydrogen-bond acceptors (Lipinski definition) is 3. The highest BCUT2D eigenvalue weighted by Crippen LogP contribution is 2.31. The molecule has 1 aliphatic heterocycles. The van der Waals surface area contributed by atoms with E-state index in [1.54, 1.807) is 12.1 Å². The molecule has 2 aromatic rings. The Morgan fingerprint density at radius 2 is 1.81 bits per heavy atom. The molecule has 0 saturated heterocycles. The summed E-state index contributed by atoms with van der Waals surface area (Å²) in [6.45, 7) is 0. The molecule has 0 amide bonds. The third-order valence-corrected chi connectivity index (χ3v) is 3.50. The number of carbonyl (C=O) groups is 2. The lowest BCUT2D eigenvalue weighted by molar-refractivity contribution is 0.0390. The van der Waals surface area contributed by atoms with Crippen LogP contribution in [0.5, 0.6) is 0 Å². The molecular formula is C12H5IO3. The zero-order valence-electron chi connectivity index (χ0n) is 7.99. The van der Waals surface area contributed by atoms with Gasteiger partial charge >= 0.3 is 11.9 Å². The minimum Gasteiger partial charge on any atom is -0.386 e. The molecule has 16 heavy (non-hydrogen) atoms. The molecular weight excluding hydrogens is 319 g/mol. The van der Waals surface area contributed by atoms with Crippen molar-refractivity contribution >= 4 is 45.3 Å². The van der Waals surface area contributed by atoms with E-state index in [4.69, 9.17) is 4.74 Å². The highest BCUT2D eigenvalue weighted by atomic mass is 127. The zero-order valence-corrected chi connectivity index (χ0v) is 10.1. The Morgan fingerprint density at radius 1 is 1.00 bits per heavy atom. The normalized spacial score (nSPS) is 14.1. The van der Waals surface area contributed by atoms with Gasteiger partial charge in [-0.2, -0.15) is 0 Å². The third kappa shape index (κ3) is 1.19. The van der Waals surface area contributed by atoms with Crippen molar-refractivity contribution in [2.45, 2.75) is 0 Å². The van der Waals surface area contributed by atoms with Gasteiger partial charge in [-0.3, -0.25) is 0 Å². The van der Waals surface area contributed by atoms with E-state index in [0.717, 1.165) is 8.96 Å². The van der Waals surface area contributed by atoms with Crippen LogP contribution in [0.4, 0.5) is 0 Å². The molecule has 1 heterocycles. The molecule has 4 heteroatoms. The predicted octanol–water partition coefficient (Wildman–Crippen LogP) is 2.76. The molecule has 0 saturated carbocycles. The number of hydrogen-bond donors (Lipinski definition) is 0. The Balaban J connectivity index is 2.58. The molecule has 2 aromatic carbocycles. The van der Waals surface area contributed by atoms with Gasteiger partial charge in [0.2, 0.25) is 0 Å². The molecule has 0 N–H and O–H groups in total. The fourth-order valence-electron chi connectivity index (χ4n) is 1.91. The lowest BCUT2D eigenvalue weighted by atomic mass is 9.97. The number of halogens is 1. The van der Waals surface area contributed by atoms with Gasteiger partial charge in [-0.15, -0.1) is 0 Å². The molecule has 0 aliphatic carbocycles. The van der Waals surface area contributed by atoms with Crippen molar-refractivity contribution in [1.29, 1.82) is 0 Å².